The third-order valence-corrected chi connectivity index (χ3v) is 6.26. The average molecular weight is 441 g/mol. The first-order valence-electron chi connectivity index (χ1n) is 11.5. The predicted molar refractivity (Wildman–Crippen MR) is 129 cm³/mol. The number of aromatic amines is 1. The first kappa shape index (κ1) is 21.1. The van der Waals surface area contributed by atoms with E-state index in [4.69, 9.17) is 9.47 Å². The second-order valence-electron chi connectivity index (χ2n) is 8.50. The molecule has 1 aliphatic heterocycles. The molecule has 1 aliphatic rings. The molecule has 1 amide bonds. The number of likely N-dealkylation sites (tertiary alicyclic amines) is 1. The van der Waals surface area contributed by atoms with Gasteiger partial charge in [-0.15, -0.1) is 0 Å². The lowest BCUT2D eigenvalue weighted by Gasteiger charge is -2.24. The van der Waals surface area contributed by atoms with Crippen LogP contribution in [0, 0.1) is 0 Å². The summed E-state index contributed by atoms with van der Waals surface area (Å²) in [5, 5.41) is 1.10. The van der Waals surface area contributed by atoms with Crippen molar-refractivity contribution in [3.63, 3.8) is 0 Å². The van der Waals surface area contributed by atoms with Gasteiger partial charge in [0.15, 0.2) is 0 Å². The number of hydrogen-bond acceptors (Lipinski definition) is 3. The van der Waals surface area contributed by atoms with Gasteiger partial charge in [0.2, 0.25) is 0 Å². The molecule has 1 fully saturated rings. The number of amides is 1. The number of nitrogens with zero attached hydrogens (tertiary/aromatic N) is 1. The van der Waals surface area contributed by atoms with E-state index in [1.54, 1.807) is 0 Å². The van der Waals surface area contributed by atoms with Crippen molar-refractivity contribution in [2.45, 2.75) is 38.5 Å². The molecule has 0 unspecified atom stereocenters. The van der Waals surface area contributed by atoms with Crippen LogP contribution in [0.1, 0.15) is 29.5 Å². The van der Waals surface area contributed by atoms with Crippen molar-refractivity contribution in [3.05, 3.63) is 102 Å². The largest absolute Gasteiger partial charge is 0.488 e. The molecule has 0 aliphatic carbocycles. The van der Waals surface area contributed by atoms with Crippen LogP contribution in [0.25, 0.3) is 10.9 Å². The topological polar surface area (TPSA) is 54.6 Å². The van der Waals surface area contributed by atoms with E-state index in [0.717, 1.165) is 53.6 Å². The van der Waals surface area contributed by atoms with Gasteiger partial charge in [0.25, 0.3) is 0 Å². The van der Waals surface area contributed by atoms with Crippen molar-refractivity contribution in [1.29, 1.82) is 0 Å². The van der Waals surface area contributed by atoms with Gasteiger partial charge in [0, 0.05) is 29.7 Å². The molecule has 5 nitrogen and oxygen atoms in total. The lowest BCUT2D eigenvalue weighted by molar-refractivity contribution is 0.0921. The second-order valence-corrected chi connectivity index (χ2v) is 8.50. The molecule has 0 radical (unpaired) electrons. The maximum atomic E-state index is 12.8. The minimum atomic E-state index is -0.234. The smallest absolute Gasteiger partial charge is 0.410 e. The highest BCUT2D eigenvalue weighted by atomic mass is 16.6. The van der Waals surface area contributed by atoms with Gasteiger partial charge < -0.3 is 19.4 Å². The van der Waals surface area contributed by atoms with E-state index in [1.165, 1.54) is 5.56 Å². The zero-order valence-electron chi connectivity index (χ0n) is 18.6. The van der Waals surface area contributed by atoms with Crippen molar-refractivity contribution in [2.75, 3.05) is 6.54 Å². The van der Waals surface area contributed by atoms with Crippen LogP contribution in [0.4, 0.5) is 4.79 Å². The summed E-state index contributed by atoms with van der Waals surface area (Å²) < 4.78 is 11.8. The van der Waals surface area contributed by atoms with Crippen LogP contribution < -0.4 is 4.74 Å². The summed E-state index contributed by atoms with van der Waals surface area (Å²) in [6.07, 6.45) is 4.55. The third-order valence-electron chi connectivity index (χ3n) is 6.26. The fourth-order valence-electron chi connectivity index (χ4n) is 4.58. The molecular weight excluding hydrogens is 412 g/mol. The fraction of sp³-hybridized carbons (Fsp3) is 0.250. The zero-order chi connectivity index (χ0) is 22.5. The summed E-state index contributed by atoms with van der Waals surface area (Å²) in [7, 11) is 0. The molecule has 0 bridgehead atoms. The maximum Gasteiger partial charge on any atom is 0.410 e. The quantitative estimate of drug-likeness (QED) is 0.378. The Labute approximate surface area is 193 Å². The Kier molecular flexibility index (Phi) is 6.29. The number of fused-ring (bicyclic) bond motifs is 1. The van der Waals surface area contributed by atoms with Crippen LogP contribution in [-0.4, -0.2) is 28.6 Å². The van der Waals surface area contributed by atoms with Gasteiger partial charge in [0.1, 0.15) is 19.0 Å². The molecular formula is C28H28N2O3. The highest BCUT2D eigenvalue weighted by Crippen LogP contribution is 2.32. The molecule has 2 heterocycles. The van der Waals surface area contributed by atoms with Gasteiger partial charge in [0.05, 0.1) is 0 Å². The van der Waals surface area contributed by atoms with Gasteiger partial charge in [-0.25, -0.2) is 4.79 Å². The molecule has 33 heavy (non-hydrogen) atoms. The molecule has 0 spiro atoms. The molecule has 4 aromatic rings. The van der Waals surface area contributed by atoms with E-state index in [0.29, 0.717) is 13.2 Å². The van der Waals surface area contributed by atoms with Crippen molar-refractivity contribution in [2.24, 2.45) is 0 Å². The van der Waals surface area contributed by atoms with Crippen molar-refractivity contribution in [1.82, 2.24) is 9.88 Å². The van der Waals surface area contributed by atoms with E-state index < -0.39 is 0 Å². The van der Waals surface area contributed by atoms with Crippen LogP contribution in [0.3, 0.4) is 0 Å². The Bertz CT molecular complexity index is 1200. The predicted octanol–water partition coefficient (Wildman–Crippen LogP) is 6.09. The van der Waals surface area contributed by atoms with E-state index >= 15 is 0 Å². The van der Waals surface area contributed by atoms with Gasteiger partial charge in [-0.2, -0.15) is 0 Å². The van der Waals surface area contributed by atoms with Crippen molar-refractivity contribution in [3.8, 4) is 5.75 Å². The number of carbonyl (C=O) groups excluding carboxylic acids is 1. The van der Waals surface area contributed by atoms with Crippen LogP contribution in [-0.2, 0) is 24.4 Å². The number of rotatable bonds is 7. The Hall–Kier alpha value is -3.73. The molecule has 168 valence electrons. The van der Waals surface area contributed by atoms with Crippen molar-refractivity contribution >= 4 is 17.0 Å². The number of benzene rings is 3. The SMILES string of the molecule is O=C(OCc1ccccc1)N1CCC[C@H]1Cc1c[nH]c2cccc(OCc3ccccc3)c12. The maximum absolute atomic E-state index is 12.8. The van der Waals surface area contributed by atoms with Gasteiger partial charge in [-0.3, -0.25) is 0 Å². The van der Waals surface area contributed by atoms with Crippen LogP contribution in [0.2, 0.25) is 0 Å². The lowest BCUT2D eigenvalue weighted by atomic mass is 10.0. The molecule has 3 aromatic carbocycles. The number of hydrogen-bond donors (Lipinski definition) is 1. The van der Waals surface area contributed by atoms with Gasteiger partial charge >= 0.3 is 6.09 Å². The Morgan fingerprint density at radius 1 is 0.909 bits per heavy atom. The molecule has 1 atom stereocenters. The Balaban J connectivity index is 1.29. The van der Waals surface area contributed by atoms with E-state index in [-0.39, 0.29) is 12.1 Å². The summed E-state index contributed by atoms with van der Waals surface area (Å²) in [5.41, 5.74) is 4.35. The van der Waals surface area contributed by atoms with E-state index in [2.05, 4.69) is 23.2 Å². The lowest BCUT2D eigenvalue weighted by Crippen LogP contribution is -2.37. The number of ether oxygens (including phenoxy) is 2. The molecule has 5 rings (SSSR count). The van der Waals surface area contributed by atoms with Gasteiger partial charge in [-0.1, -0.05) is 66.7 Å². The standard InChI is InChI=1S/C28H28N2O3/c31-28(33-20-22-11-5-2-6-12-22)30-16-8-13-24(30)17-23-18-29-25-14-7-15-26(27(23)25)32-19-21-9-3-1-4-10-21/h1-7,9-12,14-15,18,24,29H,8,13,16-17,19-20H2/t24-/m0/s1. The first-order chi connectivity index (χ1) is 16.3. The monoisotopic (exact) mass is 440 g/mol. The van der Waals surface area contributed by atoms with E-state index in [1.807, 2.05) is 71.8 Å². The normalized spacial score (nSPS) is 15.6. The highest BCUT2D eigenvalue weighted by Gasteiger charge is 2.31. The zero-order valence-corrected chi connectivity index (χ0v) is 18.6. The summed E-state index contributed by atoms with van der Waals surface area (Å²) in [4.78, 5) is 18.1. The molecule has 5 heteroatoms. The first-order valence-corrected chi connectivity index (χ1v) is 11.5. The third kappa shape index (κ3) is 4.87. The minimum absolute atomic E-state index is 0.120. The molecule has 1 saturated heterocycles. The molecule has 0 saturated carbocycles. The Morgan fingerprint density at radius 3 is 2.39 bits per heavy atom. The number of nitrogens with one attached hydrogen (secondary N) is 1. The Morgan fingerprint density at radius 2 is 1.64 bits per heavy atom. The van der Waals surface area contributed by atoms with Crippen LogP contribution in [0.5, 0.6) is 5.75 Å². The van der Waals surface area contributed by atoms with Crippen LogP contribution >= 0.6 is 0 Å². The molecule has 1 N–H and O–H groups in total. The highest BCUT2D eigenvalue weighted by molar-refractivity contribution is 5.89. The summed E-state index contributed by atoms with van der Waals surface area (Å²) in [6, 6.07) is 26.2. The average Bonchev–Trinajstić information content (AvgIpc) is 3.50. The van der Waals surface area contributed by atoms with Crippen molar-refractivity contribution < 1.29 is 14.3 Å². The van der Waals surface area contributed by atoms with E-state index in [9.17, 15) is 4.79 Å². The fourth-order valence-corrected chi connectivity index (χ4v) is 4.58. The number of aromatic nitrogens is 1. The van der Waals surface area contributed by atoms with Crippen LogP contribution in [0.15, 0.2) is 85.1 Å². The van der Waals surface area contributed by atoms with Gasteiger partial charge in [-0.05, 0) is 48.1 Å². The molecule has 1 aromatic heterocycles. The summed E-state index contributed by atoms with van der Waals surface area (Å²) in [6.45, 7) is 1.55. The second kappa shape index (κ2) is 9.82. The summed E-state index contributed by atoms with van der Waals surface area (Å²) >= 11 is 0. The summed E-state index contributed by atoms with van der Waals surface area (Å²) in [5.74, 6) is 0.865. The number of carbonyl (C=O) groups is 1. The minimum Gasteiger partial charge on any atom is -0.488 e. The number of H-pyrrole nitrogens is 1.